The molecule has 0 spiro atoms. The fourth-order valence-electron chi connectivity index (χ4n) is 3.51. The molecule has 1 amide bonds. The quantitative estimate of drug-likeness (QED) is 0.375. The number of carbonyl (C=O) groups excluding carboxylic acids is 1. The molecular weight excluding hydrogens is 478 g/mol. The number of alkyl halides is 4. The lowest BCUT2D eigenvalue weighted by Gasteiger charge is -2.30. The van der Waals surface area contributed by atoms with Gasteiger partial charge in [-0.15, -0.1) is 0 Å². The third-order valence-corrected chi connectivity index (χ3v) is 7.39. The zero-order valence-electron chi connectivity index (χ0n) is 19.1. The van der Waals surface area contributed by atoms with Crippen LogP contribution in [-0.4, -0.2) is 54.9 Å². The molecule has 1 saturated carbocycles. The van der Waals surface area contributed by atoms with E-state index in [0.717, 1.165) is 24.3 Å². The molecule has 0 aliphatic heterocycles. The maximum atomic E-state index is 14.6. The largest absolute Gasteiger partial charge is 0.382 e. The summed E-state index contributed by atoms with van der Waals surface area (Å²) in [5.41, 5.74) is -1.43. The minimum absolute atomic E-state index is 0.0989. The van der Waals surface area contributed by atoms with E-state index < -0.39 is 57.6 Å². The van der Waals surface area contributed by atoms with Gasteiger partial charge in [0.15, 0.2) is 9.84 Å². The monoisotopic (exact) mass is 507 g/mol. The highest BCUT2D eigenvalue weighted by Crippen LogP contribution is 2.35. The second kappa shape index (κ2) is 10.6. The Morgan fingerprint density at radius 3 is 2.12 bits per heavy atom. The van der Waals surface area contributed by atoms with Gasteiger partial charge in [0.2, 0.25) is 5.91 Å². The summed E-state index contributed by atoms with van der Waals surface area (Å²) in [5.74, 6) is -5.69. The number of halogens is 4. The summed E-state index contributed by atoms with van der Waals surface area (Å²) < 4.78 is 79.8. The van der Waals surface area contributed by atoms with Crippen LogP contribution in [0.15, 0.2) is 24.3 Å². The van der Waals surface area contributed by atoms with E-state index in [1.54, 1.807) is 13.8 Å². The highest BCUT2D eigenvalue weighted by Gasteiger charge is 2.47. The van der Waals surface area contributed by atoms with Crippen LogP contribution in [-0.2, 0) is 14.6 Å². The first kappa shape index (κ1) is 28.0. The van der Waals surface area contributed by atoms with Crippen molar-refractivity contribution >= 4 is 15.7 Å². The molecule has 3 atom stereocenters. The van der Waals surface area contributed by atoms with E-state index in [1.807, 2.05) is 6.07 Å². The number of sulfone groups is 1. The predicted molar refractivity (Wildman–Crippen MR) is 117 cm³/mol. The second-order valence-corrected chi connectivity index (χ2v) is 11.4. The number of carbonyl (C=O) groups is 1. The first-order valence-electron chi connectivity index (χ1n) is 10.7. The summed E-state index contributed by atoms with van der Waals surface area (Å²) in [6.07, 6.45) is -4.44. The van der Waals surface area contributed by atoms with Crippen molar-refractivity contribution in [1.29, 1.82) is 5.26 Å². The van der Waals surface area contributed by atoms with Crippen LogP contribution in [0.3, 0.4) is 0 Å². The molecule has 0 radical (unpaired) electrons. The van der Waals surface area contributed by atoms with Gasteiger partial charge in [-0.3, -0.25) is 10.1 Å². The smallest absolute Gasteiger partial charge is 0.268 e. The fourth-order valence-corrected chi connectivity index (χ4v) is 5.42. The van der Waals surface area contributed by atoms with Gasteiger partial charge in [-0.25, -0.2) is 26.0 Å². The first-order valence-corrected chi connectivity index (χ1v) is 12.5. The molecule has 12 heteroatoms. The molecule has 7 nitrogen and oxygen atoms in total. The fraction of sp³-hybridized carbons (Fsp3) is 0.636. The Kier molecular flexibility index (Phi) is 8.72. The number of hydrogen-bond acceptors (Lipinski definition) is 6. The number of hydrogen-bond donors (Lipinski definition) is 3. The van der Waals surface area contributed by atoms with Crippen LogP contribution in [0.4, 0.5) is 17.6 Å². The summed E-state index contributed by atoms with van der Waals surface area (Å²) in [4.78, 5) is 12.9. The number of aliphatic hydroxyl groups excluding tert-OH is 1. The lowest BCUT2D eigenvalue weighted by molar-refractivity contribution is -0.124. The molecule has 190 valence electrons. The summed E-state index contributed by atoms with van der Waals surface area (Å²) in [7, 11) is -3.84. The van der Waals surface area contributed by atoms with Crippen LogP contribution < -0.4 is 10.6 Å². The Labute approximate surface area is 196 Å². The van der Waals surface area contributed by atoms with E-state index in [-0.39, 0.29) is 22.8 Å². The van der Waals surface area contributed by atoms with Crippen LogP contribution in [0.1, 0.15) is 56.9 Å². The van der Waals surface area contributed by atoms with Gasteiger partial charge in [0.05, 0.1) is 23.6 Å². The molecule has 0 bridgehead atoms. The molecule has 0 aromatic heterocycles. The highest BCUT2D eigenvalue weighted by atomic mass is 32.2. The van der Waals surface area contributed by atoms with Crippen molar-refractivity contribution in [1.82, 2.24) is 10.6 Å². The number of amides is 1. The van der Waals surface area contributed by atoms with Crippen molar-refractivity contribution in [2.75, 3.05) is 11.5 Å². The number of nitriles is 1. The zero-order valence-corrected chi connectivity index (χ0v) is 19.9. The van der Waals surface area contributed by atoms with Crippen molar-refractivity contribution in [2.24, 2.45) is 5.92 Å². The average molecular weight is 508 g/mol. The number of rotatable bonds is 12. The van der Waals surface area contributed by atoms with Gasteiger partial charge < -0.3 is 10.4 Å². The molecule has 3 N–H and O–H groups in total. The van der Waals surface area contributed by atoms with E-state index in [4.69, 9.17) is 0 Å². The molecule has 1 fully saturated rings. The van der Waals surface area contributed by atoms with E-state index >= 15 is 0 Å². The van der Waals surface area contributed by atoms with Crippen LogP contribution in [0, 0.1) is 17.2 Å². The lowest BCUT2D eigenvalue weighted by atomic mass is 9.98. The van der Waals surface area contributed by atoms with Gasteiger partial charge in [-0.05, 0) is 29.9 Å². The van der Waals surface area contributed by atoms with Crippen molar-refractivity contribution in [3.63, 3.8) is 0 Å². The molecular formula is C22H29F4N3O4S. The molecule has 0 saturated heterocycles. The van der Waals surface area contributed by atoms with E-state index in [1.165, 1.54) is 0 Å². The summed E-state index contributed by atoms with van der Waals surface area (Å²) in [6.45, 7) is 3.89. The highest BCUT2D eigenvalue weighted by molar-refractivity contribution is 7.91. The average Bonchev–Trinajstić information content (AvgIpc) is 3.48. The summed E-state index contributed by atoms with van der Waals surface area (Å²) in [6, 6.07) is 2.81. The van der Waals surface area contributed by atoms with Crippen molar-refractivity contribution < 1.29 is 35.9 Å². The van der Waals surface area contributed by atoms with Crippen molar-refractivity contribution in [3.8, 4) is 6.07 Å². The Morgan fingerprint density at radius 2 is 1.71 bits per heavy atom. The normalized spacial score (nSPS) is 18.3. The molecule has 2 rings (SSSR count). The summed E-state index contributed by atoms with van der Waals surface area (Å²) >= 11 is 0. The van der Waals surface area contributed by atoms with Gasteiger partial charge in [0, 0.05) is 6.92 Å². The predicted octanol–water partition coefficient (Wildman–Crippen LogP) is 2.88. The molecule has 34 heavy (non-hydrogen) atoms. The van der Waals surface area contributed by atoms with Gasteiger partial charge in [0.1, 0.15) is 17.7 Å². The van der Waals surface area contributed by atoms with E-state index in [0.29, 0.717) is 19.8 Å². The minimum Gasteiger partial charge on any atom is -0.382 e. The molecule has 1 aromatic carbocycles. The maximum Gasteiger partial charge on any atom is 0.268 e. The Morgan fingerprint density at radius 1 is 1.18 bits per heavy atom. The third kappa shape index (κ3) is 7.65. The van der Waals surface area contributed by atoms with Crippen molar-refractivity contribution in [2.45, 2.75) is 69.7 Å². The van der Waals surface area contributed by atoms with E-state index in [9.17, 15) is 41.1 Å². The number of benzene rings is 1. The number of nitrogens with zero attached hydrogens (tertiary/aromatic N) is 1. The number of aliphatic hydroxyl groups is 1. The van der Waals surface area contributed by atoms with Crippen LogP contribution >= 0.6 is 0 Å². The standard InChI is InChI=1S/C22H29F4N3O4S/c1-13(2)10-34(32,33)11-16(20(31)29-22(12-27)8-9-22)28-18(21(3,25)26)15-6-4-14(5-7-15)17(30)19(23)24/h4-7,13,16-19,28,30H,8-11H2,1-3H3,(H,29,31)/t16-,17+,18-/m0/s1. The lowest BCUT2D eigenvalue weighted by Crippen LogP contribution is -2.54. The Balaban J connectivity index is 2.36. The molecule has 0 unspecified atom stereocenters. The van der Waals surface area contributed by atoms with Crippen molar-refractivity contribution in [3.05, 3.63) is 35.4 Å². The van der Waals surface area contributed by atoms with Crippen LogP contribution in [0.25, 0.3) is 0 Å². The van der Waals surface area contributed by atoms with Crippen LogP contribution in [0.5, 0.6) is 0 Å². The molecule has 1 aliphatic carbocycles. The molecule has 0 heterocycles. The second-order valence-electron chi connectivity index (χ2n) is 9.21. The van der Waals surface area contributed by atoms with E-state index in [2.05, 4.69) is 10.6 Å². The zero-order chi connectivity index (χ0) is 25.9. The Hall–Kier alpha value is -2.23. The SMILES string of the molecule is CC(C)CS(=O)(=O)C[C@H](N[C@@H](c1ccc([C@@H](O)C(F)F)cc1)C(C)(F)F)C(=O)NC1(C#N)CC1. The van der Waals surface area contributed by atoms with Crippen LogP contribution in [0.2, 0.25) is 0 Å². The van der Waals surface area contributed by atoms with Gasteiger partial charge in [0.25, 0.3) is 12.3 Å². The first-order chi connectivity index (χ1) is 15.6. The summed E-state index contributed by atoms with van der Waals surface area (Å²) in [5, 5.41) is 23.6. The van der Waals surface area contributed by atoms with Gasteiger partial charge >= 0.3 is 0 Å². The topological polar surface area (TPSA) is 119 Å². The van der Waals surface area contributed by atoms with Gasteiger partial charge in [-0.1, -0.05) is 38.1 Å². The van der Waals surface area contributed by atoms with Gasteiger partial charge in [-0.2, -0.15) is 5.26 Å². The third-order valence-electron chi connectivity index (χ3n) is 5.38. The minimum atomic E-state index is -3.84. The Bertz CT molecular complexity index is 1000. The molecule has 1 aliphatic rings. The number of nitrogens with one attached hydrogen (secondary N) is 2. The molecule has 1 aromatic rings. The maximum absolute atomic E-state index is 14.6.